The second-order valence-corrected chi connectivity index (χ2v) is 3.60. The highest BCUT2D eigenvalue weighted by Gasteiger charge is 2.34. The van der Waals surface area contributed by atoms with Gasteiger partial charge in [0.2, 0.25) is 11.7 Å². The van der Waals surface area contributed by atoms with Crippen molar-refractivity contribution in [1.29, 1.82) is 0 Å². The standard InChI is InChI=1S/C9H13N5O2/c1-10-8(15)6-3-2-4-14(6)9(16)7-11-5-12-13-7/h5-6H,2-4H2,1H3,(H,10,15)(H,11,12,13). The number of aromatic amines is 1. The van der Waals surface area contributed by atoms with E-state index in [1.807, 2.05) is 0 Å². The Balaban J connectivity index is 2.14. The summed E-state index contributed by atoms with van der Waals surface area (Å²) >= 11 is 0. The maximum Gasteiger partial charge on any atom is 0.291 e. The van der Waals surface area contributed by atoms with Gasteiger partial charge in [-0.05, 0) is 12.8 Å². The Morgan fingerprint density at radius 3 is 3.06 bits per heavy atom. The summed E-state index contributed by atoms with van der Waals surface area (Å²) < 4.78 is 0. The minimum Gasteiger partial charge on any atom is -0.357 e. The smallest absolute Gasteiger partial charge is 0.291 e. The SMILES string of the molecule is CNC(=O)C1CCCN1C(=O)c1ncn[nH]1. The topological polar surface area (TPSA) is 91.0 Å². The molecule has 1 fully saturated rings. The molecule has 1 atom stereocenters. The van der Waals surface area contributed by atoms with Crippen LogP contribution in [0.2, 0.25) is 0 Å². The number of hydrogen-bond acceptors (Lipinski definition) is 4. The Bertz CT molecular complexity index is 389. The number of hydrogen-bond donors (Lipinski definition) is 2. The quantitative estimate of drug-likeness (QED) is 0.683. The highest BCUT2D eigenvalue weighted by atomic mass is 16.2. The van der Waals surface area contributed by atoms with Gasteiger partial charge >= 0.3 is 0 Å². The molecule has 7 heteroatoms. The van der Waals surface area contributed by atoms with Gasteiger partial charge in [0.25, 0.3) is 5.91 Å². The van der Waals surface area contributed by atoms with Gasteiger partial charge in [-0.15, -0.1) is 0 Å². The van der Waals surface area contributed by atoms with Crippen molar-refractivity contribution >= 4 is 11.8 Å². The van der Waals surface area contributed by atoms with Crippen molar-refractivity contribution in [3.05, 3.63) is 12.2 Å². The van der Waals surface area contributed by atoms with Crippen LogP contribution in [0.25, 0.3) is 0 Å². The average molecular weight is 223 g/mol. The first-order valence-electron chi connectivity index (χ1n) is 5.12. The molecular formula is C9H13N5O2. The molecule has 1 unspecified atom stereocenters. The summed E-state index contributed by atoms with van der Waals surface area (Å²) in [5.74, 6) is -0.232. The number of rotatable bonds is 2. The molecular weight excluding hydrogens is 210 g/mol. The predicted octanol–water partition coefficient (Wildman–Crippen LogP) is -0.845. The predicted molar refractivity (Wildman–Crippen MR) is 54.5 cm³/mol. The minimum absolute atomic E-state index is 0.134. The number of H-pyrrole nitrogens is 1. The summed E-state index contributed by atoms with van der Waals surface area (Å²) in [6, 6.07) is -0.386. The summed E-state index contributed by atoms with van der Waals surface area (Å²) in [5, 5.41) is 8.69. The van der Waals surface area contributed by atoms with Crippen LogP contribution in [0.4, 0.5) is 0 Å². The summed E-state index contributed by atoms with van der Waals surface area (Å²) in [6.45, 7) is 0.581. The molecule has 0 aromatic carbocycles. The van der Waals surface area contributed by atoms with Gasteiger partial charge in [-0.2, -0.15) is 5.10 Å². The van der Waals surface area contributed by atoms with E-state index >= 15 is 0 Å². The number of nitrogens with one attached hydrogen (secondary N) is 2. The number of carbonyl (C=O) groups is 2. The number of likely N-dealkylation sites (tertiary alicyclic amines) is 1. The maximum atomic E-state index is 12.0. The van der Waals surface area contributed by atoms with Gasteiger partial charge < -0.3 is 10.2 Å². The fourth-order valence-electron chi connectivity index (χ4n) is 1.89. The van der Waals surface area contributed by atoms with Crippen molar-refractivity contribution in [2.45, 2.75) is 18.9 Å². The third-order valence-electron chi connectivity index (χ3n) is 2.68. The first-order valence-corrected chi connectivity index (χ1v) is 5.12. The molecule has 2 rings (SSSR count). The molecule has 1 aliphatic rings. The van der Waals surface area contributed by atoms with Crippen LogP contribution in [0.15, 0.2) is 6.33 Å². The highest BCUT2D eigenvalue weighted by Crippen LogP contribution is 2.18. The monoisotopic (exact) mass is 223 g/mol. The van der Waals surface area contributed by atoms with E-state index in [-0.39, 0.29) is 23.7 Å². The fraction of sp³-hybridized carbons (Fsp3) is 0.556. The molecule has 1 aliphatic heterocycles. The summed E-state index contributed by atoms with van der Waals surface area (Å²) in [6.07, 6.45) is 2.80. The third-order valence-corrected chi connectivity index (χ3v) is 2.68. The first kappa shape index (κ1) is 10.6. The lowest BCUT2D eigenvalue weighted by atomic mass is 10.2. The normalized spacial score (nSPS) is 19.8. The van der Waals surface area contributed by atoms with E-state index in [1.165, 1.54) is 11.2 Å². The van der Waals surface area contributed by atoms with Gasteiger partial charge in [0, 0.05) is 13.6 Å². The highest BCUT2D eigenvalue weighted by molar-refractivity contribution is 5.95. The van der Waals surface area contributed by atoms with Gasteiger partial charge in [0.1, 0.15) is 12.4 Å². The number of aromatic nitrogens is 3. The lowest BCUT2D eigenvalue weighted by molar-refractivity contribution is -0.124. The maximum absolute atomic E-state index is 12.0. The first-order chi connectivity index (χ1) is 7.74. The van der Waals surface area contributed by atoms with Gasteiger partial charge in [-0.3, -0.25) is 14.7 Å². The van der Waals surface area contributed by atoms with E-state index in [0.717, 1.165) is 6.42 Å². The molecule has 2 heterocycles. The zero-order valence-corrected chi connectivity index (χ0v) is 8.93. The van der Waals surface area contributed by atoms with Gasteiger partial charge in [-0.25, -0.2) is 4.98 Å². The van der Waals surface area contributed by atoms with Crippen molar-refractivity contribution < 1.29 is 9.59 Å². The van der Waals surface area contributed by atoms with E-state index in [4.69, 9.17) is 0 Å². The zero-order chi connectivity index (χ0) is 11.5. The fourth-order valence-corrected chi connectivity index (χ4v) is 1.89. The van der Waals surface area contributed by atoms with E-state index < -0.39 is 0 Å². The molecule has 0 spiro atoms. The minimum atomic E-state index is -0.386. The molecule has 0 aliphatic carbocycles. The van der Waals surface area contributed by atoms with Crippen molar-refractivity contribution in [3.8, 4) is 0 Å². The molecule has 1 aromatic rings. The Morgan fingerprint density at radius 1 is 1.62 bits per heavy atom. The van der Waals surface area contributed by atoms with Gasteiger partial charge in [0.05, 0.1) is 0 Å². The lowest BCUT2D eigenvalue weighted by Crippen LogP contribution is -2.45. The second-order valence-electron chi connectivity index (χ2n) is 3.60. The lowest BCUT2D eigenvalue weighted by Gasteiger charge is -2.21. The molecule has 0 bridgehead atoms. The number of carbonyl (C=O) groups excluding carboxylic acids is 2. The Kier molecular flexibility index (Phi) is 2.84. The van der Waals surface area contributed by atoms with Crippen molar-refractivity contribution in [1.82, 2.24) is 25.4 Å². The van der Waals surface area contributed by atoms with E-state index in [9.17, 15) is 9.59 Å². The number of amides is 2. The molecule has 1 saturated heterocycles. The van der Waals surface area contributed by atoms with Crippen molar-refractivity contribution in [2.24, 2.45) is 0 Å². The van der Waals surface area contributed by atoms with Crippen molar-refractivity contribution in [3.63, 3.8) is 0 Å². The van der Waals surface area contributed by atoms with Crippen LogP contribution >= 0.6 is 0 Å². The van der Waals surface area contributed by atoms with Crippen LogP contribution < -0.4 is 5.32 Å². The largest absolute Gasteiger partial charge is 0.357 e. The molecule has 1 aromatic heterocycles. The van der Waals surface area contributed by atoms with E-state index in [0.29, 0.717) is 13.0 Å². The van der Waals surface area contributed by atoms with Gasteiger partial charge in [0.15, 0.2) is 0 Å². The zero-order valence-electron chi connectivity index (χ0n) is 8.93. The molecule has 2 amide bonds. The summed E-state index contributed by atoms with van der Waals surface area (Å²) in [4.78, 5) is 28.8. The Labute approximate surface area is 92.2 Å². The molecule has 2 N–H and O–H groups in total. The molecule has 16 heavy (non-hydrogen) atoms. The molecule has 0 radical (unpaired) electrons. The Morgan fingerprint density at radius 2 is 2.44 bits per heavy atom. The van der Waals surface area contributed by atoms with Crippen molar-refractivity contribution in [2.75, 3.05) is 13.6 Å². The molecule has 86 valence electrons. The third kappa shape index (κ3) is 1.75. The van der Waals surface area contributed by atoms with Crippen LogP contribution in [0.3, 0.4) is 0 Å². The molecule has 0 saturated carbocycles. The summed E-state index contributed by atoms with van der Waals surface area (Å²) in [5.41, 5.74) is 0. The van der Waals surface area contributed by atoms with E-state index in [2.05, 4.69) is 20.5 Å². The van der Waals surface area contributed by atoms with Crippen LogP contribution in [0, 0.1) is 0 Å². The summed E-state index contributed by atoms with van der Waals surface area (Å²) in [7, 11) is 1.57. The van der Waals surface area contributed by atoms with Crippen LogP contribution in [-0.2, 0) is 4.79 Å². The second kappa shape index (κ2) is 4.30. The van der Waals surface area contributed by atoms with Crippen LogP contribution in [0.5, 0.6) is 0 Å². The van der Waals surface area contributed by atoms with E-state index in [1.54, 1.807) is 7.05 Å². The number of likely N-dealkylation sites (N-methyl/N-ethyl adjacent to an activating group) is 1. The van der Waals surface area contributed by atoms with Crippen LogP contribution in [0.1, 0.15) is 23.5 Å². The van der Waals surface area contributed by atoms with Crippen LogP contribution in [-0.4, -0.2) is 51.5 Å². The average Bonchev–Trinajstić information content (AvgIpc) is 2.97. The number of nitrogens with zero attached hydrogens (tertiary/aromatic N) is 3. The van der Waals surface area contributed by atoms with Gasteiger partial charge in [-0.1, -0.05) is 0 Å². The molecule has 7 nitrogen and oxygen atoms in total. The Hall–Kier alpha value is -1.92.